The van der Waals surface area contributed by atoms with Crippen LogP contribution in [0.3, 0.4) is 0 Å². The maximum absolute atomic E-state index is 13.4. The van der Waals surface area contributed by atoms with E-state index in [1.54, 1.807) is 30.3 Å². The molecule has 1 aliphatic heterocycles. The summed E-state index contributed by atoms with van der Waals surface area (Å²) in [5, 5.41) is 3.14. The Morgan fingerprint density at radius 3 is 2.50 bits per heavy atom. The molecule has 1 heterocycles. The van der Waals surface area contributed by atoms with Crippen LogP contribution < -0.4 is 10.2 Å². The zero-order valence-electron chi connectivity index (χ0n) is 20.9. The fourth-order valence-corrected chi connectivity index (χ4v) is 5.54. The highest BCUT2D eigenvalue weighted by Gasteiger charge is 2.50. The predicted octanol–water partition coefficient (Wildman–Crippen LogP) is 5.52. The number of esters is 1. The van der Waals surface area contributed by atoms with Gasteiger partial charge in [-0.05, 0) is 73.6 Å². The fraction of sp³-hybridized carbons (Fsp3) is 0.267. The van der Waals surface area contributed by atoms with E-state index < -0.39 is 18.5 Å². The first-order chi connectivity index (χ1) is 18.3. The topological polar surface area (TPSA) is 92.8 Å². The predicted molar refractivity (Wildman–Crippen MR) is 144 cm³/mol. The molecule has 3 amide bonds. The van der Waals surface area contributed by atoms with Gasteiger partial charge in [-0.1, -0.05) is 54.1 Å². The van der Waals surface area contributed by atoms with Crippen LogP contribution in [0.5, 0.6) is 0 Å². The molecule has 38 heavy (non-hydrogen) atoms. The number of rotatable bonds is 6. The lowest BCUT2D eigenvalue weighted by atomic mass is 9.73. The van der Waals surface area contributed by atoms with Crippen LogP contribution in [-0.2, 0) is 19.1 Å². The highest BCUT2D eigenvalue weighted by Crippen LogP contribution is 2.45. The summed E-state index contributed by atoms with van der Waals surface area (Å²) < 4.78 is 5.19. The minimum absolute atomic E-state index is 0.145. The van der Waals surface area contributed by atoms with Crippen molar-refractivity contribution >= 4 is 46.7 Å². The van der Waals surface area contributed by atoms with Crippen LogP contribution in [0.2, 0.25) is 5.02 Å². The van der Waals surface area contributed by atoms with Crippen molar-refractivity contribution < 1.29 is 23.9 Å². The van der Waals surface area contributed by atoms with E-state index in [1.807, 2.05) is 25.1 Å². The molecule has 8 heteroatoms. The standard InChI is InChI=1S/C30H27ClN2O5/c1-18-10-12-22(31)16-26(18)32-27(34)17-38-30(37)21-8-5-9-23(14-21)33-28(35)24-13-11-20(15-25(24)29(33)36)19-6-3-2-4-7-19/h2-10,12,14,16,20,24-25H,11,13,15,17H2,1H3,(H,32,34)/t20-,24-,25-/m1/s1. The monoisotopic (exact) mass is 530 g/mol. The molecule has 1 saturated heterocycles. The minimum Gasteiger partial charge on any atom is -0.452 e. The summed E-state index contributed by atoms with van der Waals surface area (Å²) >= 11 is 5.98. The van der Waals surface area contributed by atoms with Crippen LogP contribution in [0.1, 0.15) is 46.7 Å². The van der Waals surface area contributed by atoms with Gasteiger partial charge in [0.1, 0.15) is 0 Å². The number of halogens is 1. The number of ether oxygens (including phenoxy) is 1. The highest BCUT2D eigenvalue weighted by molar-refractivity contribution is 6.31. The molecule has 5 rings (SSSR count). The van der Waals surface area contributed by atoms with Crippen molar-refractivity contribution in [3.8, 4) is 0 Å². The SMILES string of the molecule is Cc1ccc(Cl)cc1NC(=O)COC(=O)c1cccc(N2C(=O)[C@@H]3CC[C@@H](c4ccccc4)C[C@H]3C2=O)c1. The lowest BCUT2D eigenvalue weighted by molar-refractivity contribution is -0.122. The van der Waals surface area contributed by atoms with E-state index in [0.717, 1.165) is 12.0 Å². The van der Waals surface area contributed by atoms with Crippen molar-refractivity contribution in [1.82, 2.24) is 0 Å². The summed E-state index contributed by atoms with van der Waals surface area (Å²) in [6.07, 6.45) is 2.12. The van der Waals surface area contributed by atoms with Gasteiger partial charge in [0.2, 0.25) is 11.8 Å². The quantitative estimate of drug-likeness (QED) is 0.335. The fourth-order valence-electron chi connectivity index (χ4n) is 5.36. The van der Waals surface area contributed by atoms with Crippen molar-refractivity contribution in [2.45, 2.75) is 32.1 Å². The molecule has 2 fully saturated rings. The Morgan fingerprint density at radius 2 is 1.71 bits per heavy atom. The number of anilines is 2. The maximum atomic E-state index is 13.4. The molecule has 3 aromatic carbocycles. The van der Waals surface area contributed by atoms with Crippen molar-refractivity contribution in [3.63, 3.8) is 0 Å². The van der Waals surface area contributed by atoms with E-state index in [1.165, 1.54) is 22.6 Å². The maximum Gasteiger partial charge on any atom is 0.338 e. The Morgan fingerprint density at radius 1 is 0.947 bits per heavy atom. The molecule has 0 bridgehead atoms. The number of imide groups is 1. The second-order valence-electron chi connectivity index (χ2n) is 9.78. The molecule has 3 atom stereocenters. The average molecular weight is 531 g/mol. The van der Waals surface area contributed by atoms with E-state index in [2.05, 4.69) is 17.4 Å². The van der Waals surface area contributed by atoms with Gasteiger partial charge in [0.25, 0.3) is 5.91 Å². The lowest BCUT2D eigenvalue weighted by Gasteiger charge is -2.28. The molecule has 0 unspecified atom stereocenters. The molecule has 194 valence electrons. The molecule has 0 aromatic heterocycles. The lowest BCUT2D eigenvalue weighted by Crippen LogP contribution is -2.31. The molecule has 2 aliphatic rings. The normalized spacial score (nSPS) is 20.7. The minimum atomic E-state index is -0.731. The van der Waals surface area contributed by atoms with Gasteiger partial charge in [-0.15, -0.1) is 0 Å². The van der Waals surface area contributed by atoms with Gasteiger partial charge in [-0.2, -0.15) is 0 Å². The number of hydrogen-bond donors (Lipinski definition) is 1. The molecular weight excluding hydrogens is 504 g/mol. The van der Waals surface area contributed by atoms with E-state index >= 15 is 0 Å². The van der Waals surface area contributed by atoms with Gasteiger partial charge in [0.15, 0.2) is 6.61 Å². The molecule has 7 nitrogen and oxygen atoms in total. The smallest absolute Gasteiger partial charge is 0.338 e. The van der Waals surface area contributed by atoms with Gasteiger partial charge in [-0.3, -0.25) is 19.3 Å². The van der Waals surface area contributed by atoms with Crippen LogP contribution >= 0.6 is 11.6 Å². The summed E-state index contributed by atoms with van der Waals surface area (Å²) in [6.45, 7) is 1.32. The second-order valence-corrected chi connectivity index (χ2v) is 10.2. The zero-order chi connectivity index (χ0) is 26.8. The van der Waals surface area contributed by atoms with Crippen LogP contribution in [0.4, 0.5) is 11.4 Å². The van der Waals surface area contributed by atoms with Crippen LogP contribution in [0.15, 0.2) is 72.8 Å². The Balaban J connectivity index is 1.25. The summed E-state index contributed by atoms with van der Waals surface area (Å²) in [5.41, 5.74) is 3.01. The Bertz CT molecular complexity index is 1410. The van der Waals surface area contributed by atoms with Gasteiger partial charge >= 0.3 is 5.97 Å². The van der Waals surface area contributed by atoms with E-state index in [0.29, 0.717) is 29.2 Å². The molecule has 3 aromatic rings. The molecular formula is C30H27ClN2O5. The summed E-state index contributed by atoms with van der Waals surface area (Å²) in [7, 11) is 0. The van der Waals surface area contributed by atoms with Crippen LogP contribution in [-0.4, -0.2) is 30.3 Å². The summed E-state index contributed by atoms with van der Waals surface area (Å²) in [6, 6.07) is 21.4. The Labute approximate surface area is 225 Å². The number of amides is 3. The number of carbonyl (C=O) groups excluding carboxylic acids is 4. The van der Waals surface area contributed by atoms with Crippen LogP contribution in [0.25, 0.3) is 0 Å². The molecule has 1 aliphatic carbocycles. The molecule has 0 spiro atoms. The highest BCUT2D eigenvalue weighted by atomic mass is 35.5. The molecule has 1 saturated carbocycles. The van der Waals surface area contributed by atoms with Crippen LogP contribution in [0, 0.1) is 18.8 Å². The zero-order valence-corrected chi connectivity index (χ0v) is 21.6. The number of carbonyl (C=O) groups is 4. The number of nitrogens with one attached hydrogen (secondary N) is 1. The number of aryl methyl sites for hydroxylation is 1. The third-order valence-corrected chi connectivity index (χ3v) is 7.58. The number of nitrogens with zero attached hydrogens (tertiary/aromatic N) is 1. The largest absolute Gasteiger partial charge is 0.452 e. The van der Waals surface area contributed by atoms with E-state index in [9.17, 15) is 19.2 Å². The first-order valence-corrected chi connectivity index (χ1v) is 13.0. The van der Waals surface area contributed by atoms with Crippen molar-refractivity contribution in [2.24, 2.45) is 11.8 Å². The second kappa shape index (κ2) is 10.8. The summed E-state index contributed by atoms with van der Waals surface area (Å²) in [4.78, 5) is 52.8. The Hall–Kier alpha value is -3.97. The summed E-state index contributed by atoms with van der Waals surface area (Å²) in [5.74, 6) is -2.20. The number of benzene rings is 3. The van der Waals surface area contributed by atoms with Gasteiger partial charge < -0.3 is 10.1 Å². The van der Waals surface area contributed by atoms with E-state index in [4.69, 9.17) is 16.3 Å². The molecule has 0 radical (unpaired) electrons. The van der Waals surface area contributed by atoms with Gasteiger partial charge in [0.05, 0.1) is 23.1 Å². The average Bonchev–Trinajstić information content (AvgIpc) is 3.18. The van der Waals surface area contributed by atoms with E-state index in [-0.39, 0.29) is 35.1 Å². The van der Waals surface area contributed by atoms with Crippen molar-refractivity contribution in [1.29, 1.82) is 0 Å². The first-order valence-electron chi connectivity index (χ1n) is 12.6. The van der Waals surface area contributed by atoms with Crippen molar-refractivity contribution in [3.05, 3.63) is 94.5 Å². The first kappa shape index (κ1) is 25.7. The van der Waals surface area contributed by atoms with Gasteiger partial charge in [0, 0.05) is 10.7 Å². The molecule has 1 N–H and O–H groups in total. The number of hydrogen-bond acceptors (Lipinski definition) is 5. The third-order valence-electron chi connectivity index (χ3n) is 7.34. The Kier molecular flexibility index (Phi) is 7.29. The van der Waals surface area contributed by atoms with Gasteiger partial charge in [-0.25, -0.2) is 4.79 Å². The number of fused-ring (bicyclic) bond motifs is 1. The van der Waals surface area contributed by atoms with Crippen molar-refractivity contribution in [2.75, 3.05) is 16.8 Å². The third kappa shape index (κ3) is 5.20.